The predicted octanol–water partition coefficient (Wildman–Crippen LogP) is 3.30. The fourth-order valence-corrected chi connectivity index (χ4v) is 3.08. The molecule has 4 aromatic rings. The van der Waals surface area contributed by atoms with Crippen molar-refractivity contribution < 1.29 is 0 Å². The highest BCUT2D eigenvalue weighted by Crippen LogP contribution is 2.28. The van der Waals surface area contributed by atoms with Crippen LogP contribution in [0.25, 0.3) is 27.7 Å². The van der Waals surface area contributed by atoms with Crippen molar-refractivity contribution in [2.75, 3.05) is 5.32 Å². The van der Waals surface area contributed by atoms with Crippen LogP contribution in [0.15, 0.2) is 49.1 Å². The Morgan fingerprint density at radius 1 is 1.00 bits per heavy atom. The lowest BCUT2D eigenvalue weighted by Gasteiger charge is -2.26. The van der Waals surface area contributed by atoms with Gasteiger partial charge in [-0.3, -0.25) is 9.97 Å². The van der Waals surface area contributed by atoms with Crippen LogP contribution in [0.5, 0.6) is 0 Å². The number of hydrogen-bond donors (Lipinski definition) is 1. The van der Waals surface area contributed by atoms with Crippen LogP contribution in [-0.4, -0.2) is 30.6 Å². The molecule has 0 radical (unpaired) electrons. The molecule has 6 nitrogen and oxygen atoms in total. The van der Waals surface area contributed by atoms with Gasteiger partial charge in [0.2, 0.25) is 5.95 Å². The SMILES string of the molecule is c1cnc2cc(-c3ccn4nc(NC5CCC5)ncc34)ccc2n1. The normalized spacial score (nSPS) is 14.8. The second-order valence-corrected chi connectivity index (χ2v) is 6.17. The lowest BCUT2D eigenvalue weighted by molar-refractivity contribution is 0.442. The number of benzene rings is 1. The molecular formula is C18H16N6. The minimum absolute atomic E-state index is 0.525. The molecule has 0 saturated heterocycles. The quantitative estimate of drug-likeness (QED) is 0.628. The molecule has 3 heterocycles. The standard InChI is InChI=1S/C18H16N6/c1-2-13(3-1)22-18-21-11-17-14(6-9-24(17)23-18)12-4-5-15-16(10-12)20-8-7-19-15/h4-11,13H,1-3H2,(H,22,23). The van der Waals surface area contributed by atoms with Crippen LogP contribution in [0.3, 0.4) is 0 Å². The van der Waals surface area contributed by atoms with Gasteiger partial charge in [-0.1, -0.05) is 6.07 Å². The van der Waals surface area contributed by atoms with E-state index in [-0.39, 0.29) is 0 Å². The van der Waals surface area contributed by atoms with Gasteiger partial charge in [-0.15, -0.1) is 5.10 Å². The summed E-state index contributed by atoms with van der Waals surface area (Å²) in [5, 5.41) is 7.95. The summed E-state index contributed by atoms with van der Waals surface area (Å²) >= 11 is 0. The molecule has 118 valence electrons. The third kappa shape index (κ3) is 2.19. The zero-order valence-corrected chi connectivity index (χ0v) is 13.1. The molecule has 0 atom stereocenters. The first-order valence-corrected chi connectivity index (χ1v) is 8.19. The van der Waals surface area contributed by atoms with Crippen molar-refractivity contribution in [3.05, 3.63) is 49.1 Å². The molecule has 6 heteroatoms. The van der Waals surface area contributed by atoms with Gasteiger partial charge in [-0.25, -0.2) is 9.50 Å². The van der Waals surface area contributed by atoms with E-state index in [1.165, 1.54) is 19.3 Å². The number of aromatic nitrogens is 5. The molecule has 0 spiro atoms. The van der Waals surface area contributed by atoms with Crippen molar-refractivity contribution in [3.8, 4) is 11.1 Å². The maximum absolute atomic E-state index is 4.57. The Bertz CT molecular complexity index is 1030. The molecule has 0 aliphatic heterocycles. The minimum atomic E-state index is 0.525. The highest BCUT2D eigenvalue weighted by molar-refractivity contribution is 5.86. The summed E-state index contributed by atoms with van der Waals surface area (Å²) in [5.74, 6) is 0.693. The van der Waals surface area contributed by atoms with Gasteiger partial charge in [0.1, 0.15) is 0 Å². The van der Waals surface area contributed by atoms with Crippen LogP contribution in [0.2, 0.25) is 0 Å². The number of nitrogens with one attached hydrogen (secondary N) is 1. The number of hydrogen-bond acceptors (Lipinski definition) is 5. The smallest absolute Gasteiger partial charge is 0.241 e. The van der Waals surface area contributed by atoms with E-state index in [4.69, 9.17) is 0 Å². The van der Waals surface area contributed by atoms with Gasteiger partial charge in [0.25, 0.3) is 0 Å². The van der Waals surface area contributed by atoms with Gasteiger partial charge in [0.05, 0.1) is 22.7 Å². The van der Waals surface area contributed by atoms with Crippen LogP contribution in [0.1, 0.15) is 19.3 Å². The lowest BCUT2D eigenvalue weighted by Crippen LogP contribution is -2.28. The second kappa shape index (κ2) is 5.26. The van der Waals surface area contributed by atoms with E-state index in [0.717, 1.165) is 27.7 Å². The molecule has 24 heavy (non-hydrogen) atoms. The van der Waals surface area contributed by atoms with Crippen molar-refractivity contribution in [1.29, 1.82) is 0 Å². The van der Waals surface area contributed by atoms with E-state index in [0.29, 0.717) is 12.0 Å². The number of anilines is 1. The monoisotopic (exact) mass is 316 g/mol. The van der Waals surface area contributed by atoms with Crippen molar-refractivity contribution in [2.24, 2.45) is 0 Å². The van der Waals surface area contributed by atoms with E-state index >= 15 is 0 Å². The summed E-state index contributed by atoms with van der Waals surface area (Å²) in [6.45, 7) is 0. The van der Waals surface area contributed by atoms with E-state index in [1.54, 1.807) is 12.4 Å². The maximum atomic E-state index is 4.57. The van der Waals surface area contributed by atoms with Crippen molar-refractivity contribution in [2.45, 2.75) is 25.3 Å². The molecule has 1 aliphatic carbocycles. The first kappa shape index (κ1) is 13.4. The van der Waals surface area contributed by atoms with Crippen molar-refractivity contribution in [1.82, 2.24) is 24.6 Å². The number of fused-ring (bicyclic) bond motifs is 2. The average molecular weight is 316 g/mol. The lowest BCUT2D eigenvalue weighted by atomic mass is 9.93. The van der Waals surface area contributed by atoms with Crippen molar-refractivity contribution in [3.63, 3.8) is 0 Å². The highest BCUT2D eigenvalue weighted by atomic mass is 15.3. The van der Waals surface area contributed by atoms with E-state index in [9.17, 15) is 0 Å². The Kier molecular flexibility index (Phi) is 2.94. The first-order valence-electron chi connectivity index (χ1n) is 8.19. The van der Waals surface area contributed by atoms with Crippen LogP contribution < -0.4 is 5.32 Å². The van der Waals surface area contributed by atoms with E-state index in [1.807, 2.05) is 23.0 Å². The summed E-state index contributed by atoms with van der Waals surface area (Å²) in [4.78, 5) is 13.2. The molecule has 1 N–H and O–H groups in total. The molecule has 1 aromatic carbocycles. The second-order valence-electron chi connectivity index (χ2n) is 6.17. The highest BCUT2D eigenvalue weighted by Gasteiger charge is 2.18. The Morgan fingerprint density at radius 3 is 2.71 bits per heavy atom. The summed E-state index contributed by atoms with van der Waals surface area (Å²) < 4.78 is 1.88. The zero-order chi connectivity index (χ0) is 15.9. The van der Waals surface area contributed by atoms with Crippen LogP contribution in [-0.2, 0) is 0 Å². The topological polar surface area (TPSA) is 68.0 Å². The van der Waals surface area contributed by atoms with Gasteiger partial charge < -0.3 is 5.32 Å². The average Bonchev–Trinajstić information content (AvgIpc) is 3.01. The van der Waals surface area contributed by atoms with Crippen LogP contribution >= 0.6 is 0 Å². The third-order valence-electron chi connectivity index (χ3n) is 4.64. The van der Waals surface area contributed by atoms with Gasteiger partial charge in [0.15, 0.2) is 0 Å². The molecule has 0 unspecified atom stereocenters. The molecule has 0 amide bonds. The van der Waals surface area contributed by atoms with Crippen LogP contribution in [0, 0.1) is 0 Å². The summed E-state index contributed by atoms with van der Waals surface area (Å²) in [5.41, 5.74) is 4.95. The van der Waals surface area contributed by atoms with Gasteiger partial charge >= 0.3 is 0 Å². The number of rotatable bonds is 3. The zero-order valence-electron chi connectivity index (χ0n) is 13.1. The Hall–Kier alpha value is -3.02. The van der Waals surface area contributed by atoms with E-state index in [2.05, 4.69) is 43.6 Å². The molecule has 5 rings (SSSR count). The van der Waals surface area contributed by atoms with Gasteiger partial charge in [-0.05, 0) is 43.0 Å². The molecule has 1 fully saturated rings. The molecule has 1 saturated carbocycles. The Labute approximate surface area is 138 Å². The van der Waals surface area contributed by atoms with Crippen molar-refractivity contribution >= 4 is 22.5 Å². The Balaban J connectivity index is 1.55. The minimum Gasteiger partial charge on any atom is -0.350 e. The third-order valence-corrected chi connectivity index (χ3v) is 4.64. The largest absolute Gasteiger partial charge is 0.350 e. The fourth-order valence-electron chi connectivity index (χ4n) is 3.08. The molecule has 3 aromatic heterocycles. The Morgan fingerprint density at radius 2 is 1.88 bits per heavy atom. The predicted molar refractivity (Wildman–Crippen MR) is 92.8 cm³/mol. The van der Waals surface area contributed by atoms with E-state index < -0.39 is 0 Å². The van der Waals surface area contributed by atoms with Gasteiger partial charge in [0, 0.05) is 30.2 Å². The maximum Gasteiger partial charge on any atom is 0.241 e. The molecular weight excluding hydrogens is 300 g/mol. The summed E-state index contributed by atoms with van der Waals surface area (Å²) in [6.07, 6.45) is 11.0. The molecule has 1 aliphatic rings. The fraction of sp³-hybridized carbons (Fsp3) is 0.222. The number of nitrogens with zero attached hydrogens (tertiary/aromatic N) is 5. The van der Waals surface area contributed by atoms with Gasteiger partial charge in [-0.2, -0.15) is 0 Å². The molecule has 0 bridgehead atoms. The first-order chi connectivity index (χ1) is 11.9. The summed E-state index contributed by atoms with van der Waals surface area (Å²) in [6, 6.07) is 8.70. The van der Waals surface area contributed by atoms with Crippen LogP contribution in [0.4, 0.5) is 5.95 Å². The summed E-state index contributed by atoms with van der Waals surface area (Å²) in [7, 11) is 0.